The number of nitrogens with one attached hydrogen (secondary N) is 1. The van der Waals surface area contributed by atoms with Crippen LogP contribution in [0.25, 0.3) is 0 Å². The van der Waals surface area contributed by atoms with Gasteiger partial charge in [-0.25, -0.2) is 4.79 Å². The van der Waals surface area contributed by atoms with Crippen molar-refractivity contribution >= 4 is 17.6 Å². The van der Waals surface area contributed by atoms with Gasteiger partial charge in [0.05, 0.1) is 58.4 Å². The number of unbranched alkanes of at least 4 members (excludes halogenated alkanes) is 4. The van der Waals surface area contributed by atoms with E-state index in [0.29, 0.717) is 64.8 Å². The van der Waals surface area contributed by atoms with E-state index < -0.39 is 0 Å². The average Bonchev–Trinajstić information content (AvgIpc) is 2.91. The van der Waals surface area contributed by atoms with Gasteiger partial charge < -0.3 is 33.7 Å². The summed E-state index contributed by atoms with van der Waals surface area (Å²) in [5, 5.41) is 3.31. The molecule has 0 amide bonds. The highest BCUT2D eigenvalue weighted by molar-refractivity contribution is 5.89. The first-order valence-electron chi connectivity index (χ1n) is 13.6. The van der Waals surface area contributed by atoms with Crippen LogP contribution in [0.4, 0.5) is 5.69 Å². The highest BCUT2D eigenvalue weighted by Gasteiger charge is 2.07. The first-order chi connectivity index (χ1) is 18.2. The van der Waals surface area contributed by atoms with Gasteiger partial charge in [0.15, 0.2) is 0 Å². The molecule has 0 unspecified atom stereocenters. The Bertz CT molecular complexity index is 683. The molecule has 1 aromatic carbocycles. The summed E-state index contributed by atoms with van der Waals surface area (Å²) in [5.74, 6) is -0.519. The Labute approximate surface area is 222 Å². The molecule has 0 aromatic heterocycles. The van der Waals surface area contributed by atoms with Crippen molar-refractivity contribution in [1.29, 1.82) is 0 Å². The van der Waals surface area contributed by atoms with Crippen molar-refractivity contribution in [3.05, 3.63) is 29.8 Å². The van der Waals surface area contributed by atoms with Crippen LogP contribution < -0.4 is 5.32 Å². The number of hydrogen-bond donors (Lipinski definition) is 1. The normalized spacial score (nSPS) is 10.9. The van der Waals surface area contributed by atoms with Crippen LogP contribution in [-0.2, 0) is 33.2 Å². The van der Waals surface area contributed by atoms with Crippen LogP contribution in [-0.4, -0.2) is 84.6 Å². The zero-order valence-electron chi connectivity index (χ0n) is 22.8. The van der Waals surface area contributed by atoms with Gasteiger partial charge in [0, 0.05) is 18.7 Å². The molecule has 1 N–H and O–H groups in total. The topological polar surface area (TPSA) is 102 Å². The summed E-state index contributed by atoms with van der Waals surface area (Å²) < 4.78 is 32.0. The SMILES string of the molecule is CCCCCCC(=O)OCCOCCOCCOCCOCCOC(=O)c1ccc(NCCCC)cc1. The Hall–Kier alpha value is -2.20. The number of anilines is 1. The molecule has 0 bridgehead atoms. The number of esters is 2. The van der Waals surface area contributed by atoms with Crippen molar-refractivity contribution in [2.45, 2.75) is 58.8 Å². The van der Waals surface area contributed by atoms with Gasteiger partial charge in [0.1, 0.15) is 13.2 Å². The van der Waals surface area contributed by atoms with E-state index in [2.05, 4.69) is 19.2 Å². The summed E-state index contributed by atoms with van der Waals surface area (Å²) in [6.07, 6.45) is 6.99. The van der Waals surface area contributed by atoms with Crippen molar-refractivity contribution in [1.82, 2.24) is 0 Å². The predicted molar refractivity (Wildman–Crippen MR) is 143 cm³/mol. The molecule has 9 nitrogen and oxygen atoms in total. The number of carbonyl (C=O) groups excluding carboxylic acids is 2. The minimum Gasteiger partial charge on any atom is -0.463 e. The van der Waals surface area contributed by atoms with E-state index in [-0.39, 0.29) is 25.2 Å². The maximum Gasteiger partial charge on any atom is 0.338 e. The van der Waals surface area contributed by atoms with Gasteiger partial charge in [-0.1, -0.05) is 39.5 Å². The molecule has 0 heterocycles. The van der Waals surface area contributed by atoms with Crippen LogP contribution in [0.5, 0.6) is 0 Å². The molecule has 37 heavy (non-hydrogen) atoms. The molecule has 0 fully saturated rings. The van der Waals surface area contributed by atoms with Crippen LogP contribution in [0, 0.1) is 0 Å². The smallest absolute Gasteiger partial charge is 0.338 e. The van der Waals surface area contributed by atoms with E-state index in [1.807, 2.05) is 12.1 Å². The summed E-state index contributed by atoms with van der Waals surface area (Å²) >= 11 is 0. The van der Waals surface area contributed by atoms with Gasteiger partial charge in [-0.05, 0) is 37.1 Å². The van der Waals surface area contributed by atoms with E-state index in [0.717, 1.165) is 50.8 Å². The zero-order chi connectivity index (χ0) is 26.8. The zero-order valence-corrected chi connectivity index (χ0v) is 22.8. The molecule has 212 valence electrons. The van der Waals surface area contributed by atoms with Crippen molar-refractivity contribution in [2.75, 3.05) is 77.9 Å². The fraction of sp³-hybridized carbons (Fsp3) is 0.714. The van der Waals surface area contributed by atoms with Gasteiger partial charge in [0.25, 0.3) is 0 Å². The van der Waals surface area contributed by atoms with Crippen LogP contribution >= 0.6 is 0 Å². The predicted octanol–water partition coefficient (Wildman–Crippen LogP) is 4.64. The second-order valence-electron chi connectivity index (χ2n) is 8.47. The molecule has 1 rings (SSSR count). The molecule has 0 spiro atoms. The Morgan fingerprint density at radius 3 is 1.68 bits per heavy atom. The molecule has 1 aromatic rings. The van der Waals surface area contributed by atoms with E-state index in [1.165, 1.54) is 0 Å². The first kappa shape index (κ1) is 32.8. The fourth-order valence-corrected chi connectivity index (χ4v) is 3.15. The van der Waals surface area contributed by atoms with E-state index >= 15 is 0 Å². The third-order valence-electron chi connectivity index (χ3n) is 5.28. The molecule has 0 atom stereocenters. The molecule has 0 saturated carbocycles. The van der Waals surface area contributed by atoms with Crippen molar-refractivity contribution in [2.24, 2.45) is 0 Å². The highest BCUT2D eigenvalue weighted by Crippen LogP contribution is 2.11. The van der Waals surface area contributed by atoms with E-state index in [4.69, 9.17) is 28.4 Å². The summed E-state index contributed by atoms with van der Waals surface area (Å²) in [7, 11) is 0. The van der Waals surface area contributed by atoms with E-state index in [9.17, 15) is 9.59 Å². The van der Waals surface area contributed by atoms with Gasteiger partial charge in [-0.3, -0.25) is 4.79 Å². The lowest BCUT2D eigenvalue weighted by atomic mass is 10.2. The molecule has 0 aliphatic heterocycles. The van der Waals surface area contributed by atoms with Crippen LogP contribution in [0.3, 0.4) is 0 Å². The maximum atomic E-state index is 12.1. The van der Waals surface area contributed by atoms with Crippen molar-refractivity contribution < 1.29 is 38.0 Å². The molecule has 0 aliphatic carbocycles. The average molecular weight is 526 g/mol. The summed E-state index contributed by atoms with van der Waals surface area (Å²) in [4.78, 5) is 23.6. The standard InChI is InChI=1S/C28H47NO8/c1-3-5-7-8-9-27(30)36-23-21-34-19-17-32-15-16-33-18-20-35-22-24-37-28(31)25-10-12-26(13-11-25)29-14-6-4-2/h10-13,29H,3-9,14-24H2,1-2H3. The number of ether oxygens (including phenoxy) is 6. The van der Waals surface area contributed by atoms with E-state index in [1.54, 1.807) is 12.1 Å². The highest BCUT2D eigenvalue weighted by atomic mass is 16.6. The lowest BCUT2D eigenvalue weighted by molar-refractivity contribution is -0.145. The molecule has 9 heteroatoms. The van der Waals surface area contributed by atoms with Gasteiger partial charge in [0.2, 0.25) is 0 Å². The lowest BCUT2D eigenvalue weighted by Gasteiger charge is -2.09. The summed E-state index contributed by atoms with van der Waals surface area (Å²) in [6, 6.07) is 7.28. The van der Waals surface area contributed by atoms with Crippen molar-refractivity contribution in [3.8, 4) is 0 Å². The Morgan fingerprint density at radius 2 is 1.14 bits per heavy atom. The Balaban J connectivity index is 1.83. The number of rotatable bonds is 25. The third kappa shape index (κ3) is 19.6. The maximum absolute atomic E-state index is 12.1. The van der Waals surface area contributed by atoms with Gasteiger partial charge in [-0.2, -0.15) is 0 Å². The van der Waals surface area contributed by atoms with Crippen LogP contribution in [0.1, 0.15) is 69.2 Å². The second-order valence-corrected chi connectivity index (χ2v) is 8.47. The minimum atomic E-state index is -0.361. The lowest BCUT2D eigenvalue weighted by Crippen LogP contribution is -2.15. The number of hydrogen-bond acceptors (Lipinski definition) is 9. The molecule has 0 saturated heterocycles. The largest absolute Gasteiger partial charge is 0.463 e. The Kier molecular flexibility index (Phi) is 21.4. The van der Waals surface area contributed by atoms with Gasteiger partial charge >= 0.3 is 11.9 Å². The number of benzene rings is 1. The molecule has 0 radical (unpaired) electrons. The van der Waals surface area contributed by atoms with Crippen LogP contribution in [0.2, 0.25) is 0 Å². The molecular formula is C28H47NO8. The third-order valence-corrected chi connectivity index (χ3v) is 5.28. The number of carbonyl (C=O) groups is 2. The molecule has 0 aliphatic rings. The summed E-state index contributed by atoms with van der Waals surface area (Å²) in [5.41, 5.74) is 1.52. The minimum absolute atomic E-state index is 0.158. The van der Waals surface area contributed by atoms with Crippen LogP contribution in [0.15, 0.2) is 24.3 Å². The van der Waals surface area contributed by atoms with Gasteiger partial charge in [-0.15, -0.1) is 0 Å². The quantitative estimate of drug-likeness (QED) is 0.145. The monoisotopic (exact) mass is 525 g/mol. The fourth-order valence-electron chi connectivity index (χ4n) is 3.15. The Morgan fingerprint density at radius 1 is 0.622 bits per heavy atom. The first-order valence-corrected chi connectivity index (χ1v) is 13.6. The second kappa shape index (κ2) is 24.2. The summed E-state index contributed by atoms with van der Waals surface area (Å²) in [6.45, 7) is 9.02. The van der Waals surface area contributed by atoms with Crippen molar-refractivity contribution in [3.63, 3.8) is 0 Å². The molecular weight excluding hydrogens is 478 g/mol.